The molecule has 2 amide bonds. The summed E-state index contributed by atoms with van der Waals surface area (Å²) >= 11 is 0. The topological polar surface area (TPSA) is 58.4 Å². The van der Waals surface area contributed by atoms with E-state index in [0.717, 1.165) is 49.9 Å². The van der Waals surface area contributed by atoms with Crippen LogP contribution in [0.25, 0.3) is 11.0 Å². The third kappa shape index (κ3) is 2.59. The van der Waals surface area contributed by atoms with Crippen LogP contribution in [0.1, 0.15) is 25.7 Å². The first-order valence-electron chi connectivity index (χ1n) is 9.66. The summed E-state index contributed by atoms with van der Waals surface area (Å²) in [5.41, 5.74) is 1.93. The number of aromatic nitrogens is 2. The first-order chi connectivity index (χ1) is 12.7. The molecule has 1 aromatic heterocycles. The SMILES string of the molecule is O=C(Cn1cnc2ccccc21)N1CC2CC(C1)[C@@H]1CCCC(=O)N1C2. The summed E-state index contributed by atoms with van der Waals surface area (Å²) in [6, 6.07) is 8.26. The number of amides is 2. The van der Waals surface area contributed by atoms with Gasteiger partial charge in [-0.1, -0.05) is 12.1 Å². The zero-order valence-corrected chi connectivity index (χ0v) is 14.9. The van der Waals surface area contributed by atoms with Crippen molar-refractivity contribution in [2.45, 2.75) is 38.3 Å². The second kappa shape index (κ2) is 6.11. The molecular formula is C20H24N4O2. The summed E-state index contributed by atoms with van der Waals surface area (Å²) < 4.78 is 1.94. The predicted molar refractivity (Wildman–Crippen MR) is 97.3 cm³/mol. The number of likely N-dealkylation sites (tertiary alicyclic amines) is 1. The third-order valence-corrected chi connectivity index (χ3v) is 6.37. The van der Waals surface area contributed by atoms with Gasteiger partial charge in [0.2, 0.25) is 11.8 Å². The maximum atomic E-state index is 13.0. The van der Waals surface area contributed by atoms with E-state index in [9.17, 15) is 9.59 Å². The van der Waals surface area contributed by atoms with E-state index in [4.69, 9.17) is 0 Å². The molecular weight excluding hydrogens is 328 g/mol. The molecule has 2 bridgehead atoms. The molecule has 1 aromatic carbocycles. The van der Waals surface area contributed by atoms with E-state index in [1.165, 1.54) is 0 Å². The number of rotatable bonds is 2. The molecule has 0 radical (unpaired) electrons. The zero-order chi connectivity index (χ0) is 17.7. The molecule has 26 heavy (non-hydrogen) atoms. The first kappa shape index (κ1) is 15.9. The highest BCUT2D eigenvalue weighted by atomic mass is 16.2. The Morgan fingerprint density at radius 3 is 3.00 bits per heavy atom. The maximum absolute atomic E-state index is 13.0. The Morgan fingerprint density at radius 1 is 1.19 bits per heavy atom. The number of fused-ring (bicyclic) bond motifs is 5. The highest BCUT2D eigenvalue weighted by Gasteiger charge is 2.44. The number of carbonyl (C=O) groups excluding carboxylic acids is 2. The lowest BCUT2D eigenvalue weighted by Crippen LogP contribution is -2.61. The van der Waals surface area contributed by atoms with E-state index in [-0.39, 0.29) is 5.91 Å². The summed E-state index contributed by atoms with van der Waals surface area (Å²) in [6.45, 7) is 2.74. The Labute approximate surface area is 152 Å². The van der Waals surface area contributed by atoms with Gasteiger partial charge in [0.15, 0.2) is 0 Å². The molecule has 136 valence electrons. The van der Waals surface area contributed by atoms with Gasteiger partial charge < -0.3 is 14.4 Å². The fraction of sp³-hybridized carbons (Fsp3) is 0.550. The average Bonchev–Trinajstić information content (AvgIpc) is 3.05. The molecule has 3 fully saturated rings. The van der Waals surface area contributed by atoms with E-state index in [2.05, 4.69) is 9.88 Å². The molecule has 6 heteroatoms. The monoisotopic (exact) mass is 352 g/mol. The molecule has 4 heterocycles. The first-order valence-corrected chi connectivity index (χ1v) is 9.66. The number of imidazole rings is 1. The van der Waals surface area contributed by atoms with Crippen molar-refractivity contribution >= 4 is 22.8 Å². The molecule has 5 rings (SSSR count). The molecule has 3 atom stereocenters. The van der Waals surface area contributed by atoms with Crippen LogP contribution in [-0.2, 0) is 16.1 Å². The lowest BCUT2D eigenvalue weighted by Gasteiger charge is -2.52. The second-order valence-corrected chi connectivity index (χ2v) is 8.03. The van der Waals surface area contributed by atoms with Gasteiger partial charge >= 0.3 is 0 Å². The number of carbonyl (C=O) groups is 2. The van der Waals surface area contributed by atoms with Crippen molar-refractivity contribution < 1.29 is 9.59 Å². The van der Waals surface area contributed by atoms with Gasteiger partial charge in [-0.05, 0) is 43.2 Å². The van der Waals surface area contributed by atoms with E-state index < -0.39 is 0 Å². The van der Waals surface area contributed by atoms with Gasteiger partial charge in [-0.2, -0.15) is 0 Å². The van der Waals surface area contributed by atoms with Crippen LogP contribution in [0.4, 0.5) is 0 Å². The van der Waals surface area contributed by atoms with Gasteiger partial charge in [-0.3, -0.25) is 9.59 Å². The Morgan fingerprint density at radius 2 is 2.08 bits per heavy atom. The van der Waals surface area contributed by atoms with Gasteiger partial charge in [0, 0.05) is 32.1 Å². The van der Waals surface area contributed by atoms with E-state index in [1.54, 1.807) is 6.33 Å². The highest BCUT2D eigenvalue weighted by molar-refractivity contribution is 5.81. The minimum atomic E-state index is 0.165. The Bertz CT molecular complexity index is 860. The standard InChI is InChI=1S/C20H24N4O2/c25-19-7-3-6-17-15-8-14(10-24(17)19)9-22(11-15)20(26)12-23-13-21-16-4-1-2-5-18(16)23/h1-2,4-5,13-15,17H,3,6-12H2/t14?,15?,17-/m0/s1. The smallest absolute Gasteiger partial charge is 0.242 e. The minimum Gasteiger partial charge on any atom is -0.340 e. The van der Waals surface area contributed by atoms with Crippen molar-refractivity contribution in [2.75, 3.05) is 19.6 Å². The van der Waals surface area contributed by atoms with Crippen LogP contribution in [0.15, 0.2) is 30.6 Å². The fourth-order valence-corrected chi connectivity index (χ4v) is 5.20. The Balaban J connectivity index is 1.32. The summed E-state index contributed by atoms with van der Waals surface area (Å²) in [7, 11) is 0. The van der Waals surface area contributed by atoms with Crippen molar-refractivity contribution in [2.24, 2.45) is 11.8 Å². The quantitative estimate of drug-likeness (QED) is 0.829. The van der Waals surface area contributed by atoms with Crippen molar-refractivity contribution in [1.82, 2.24) is 19.4 Å². The van der Waals surface area contributed by atoms with E-state index >= 15 is 0 Å². The molecule has 3 saturated heterocycles. The highest BCUT2D eigenvalue weighted by Crippen LogP contribution is 2.38. The molecule has 0 aliphatic carbocycles. The largest absolute Gasteiger partial charge is 0.340 e. The van der Waals surface area contributed by atoms with Crippen LogP contribution in [-0.4, -0.2) is 56.8 Å². The molecule has 6 nitrogen and oxygen atoms in total. The van der Waals surface area contributed by atoms with Crippen LogP contribution in [0, 0.1) is 11.8 Å². The van der Waals surface area contributed by atoms with Gasteiger partial charge in [-0.25, -0.2) is 4.98 Å². The zero-order valence-electron chi connectivity index (χ0n) is 14.9. The maximum Gasteiger partial charge on any atom is 0.242 e. The lowest BCUT2D eigenvalue weighted by molar-refractivity contribution is -0.148. The number of benzene rings is 1. The number of para-hydroxylation sites is 2. The average molecular weight is 352 g/mol. The van der Waals surface area contributed by atoms with Crippen LogP contribution < -0.4 is 0 Å². The molecule has 2 aromatic rings. The summed E-state index contributed by atoms with van der Waals surface area (Å²) in [5, 5.41) is 0. The van der Waals surface area contributed by atoms with Crippen LogP contribution >= 0.6 is 0 Å². The van der Waals surface area contributed by atoms with E-state index in [0.29, 0.717) is 36.8 Å². The summed E-state index contributed by atoms with van der Waals surface area (Å²) in [5.74, 6) is 1.35. The molecule has 2 unspecified atom stereocenters. The summed E-state index contributed by atoms with van der Waals surface area (Å²) in [6.07, 6.45) is 5.71. The van der Waals surface area contributed by atoms with Gasteiger partial charge in [0.05, 0.1) is 17.4 Å². The van der Waals surface area contributed by atoms with E-state index in [1.807, 2.05) is 33.7 Å². The fourth-order valence-electron chi connectivity index (χ4n) is 5.20. The van der Waals surface area contributed by atoms with Crippen molar-refractivity contribution in [3.8, 4) is 0 Å². The van der Waals surface area contributed by atoms with Crippen LogP contribution in [0.3, 0.4) is 0 Å². The van der Waals surface area contributed by atoms with Crippen molar-refractivity contribution in [3.63, 3.8) is 0 Å². The van der Waals surface area contributed by atoms with Crippen molar-refractivity contribution in [3.05, 3.63) is 30.6 Å². The normalized spacial score (nSPS) is 28.3. The van der Waals surface area contributed by atoms with Gasteiger partial charge in [-0.15, -0.1) is 0 Å². The Hall–Kier alpha value is -2.37. The van der Waals surface area contributed by atoms with Gasteiger partial charge in [0.25, 0.3) is 0 Å². The number of nitrogens with zero attached hydrogens (tertiary/aromatic N) is 4. The number of hydrogen-bond donors (Lipinski definition) is 0. The lowest BCUT2D eigenvalue weighted by atomic mass is 9.76. The van der Waals surface area contributed by atoms with Crippen LogP contribution in [0.5, 0.6) is 0 Å². The molecule has 0 spiro atoms. The minimum absolute atomic E-state index is 0.165. The second-order valence-electron chi connectivity index (χ2n) is 8.03. The Kier molecular flexibility index (Phi) is 3.72. The number of hydrogen-bond acceptors (Lipinski definition) is 3. The van der Waals surface area contributed by atoms with Crippen molar-refractivity contribution in [1.29, 1.82) is 0 Å². The number of piperidine rings is 3. The van der Waals surface area contributed by atoms with Gasteiger partial charge in [0.1, 0.15) is 6.54 Å². The summed E-state index contributed by atoms with van der Waals surface area (Å²) in [4.78, 5) is 33.7. The molecule has 0 saturated carbocycles. The molecule has 3 aliphatic rings. The van der Waals surface area contributed by atoms with Crippen LogP contribution in [0.2, 0.25) is 0 Å². The predicted octanol–water partition coefficient (Wildman–Crippen LogP) is 1.90. The molecule has 0 N–H and O–H groups in total. The molecule has 3 aliphatic heterocycles. The third-order valence-electron chi connectivity index (χ3n) is 6.37.